The highest BCUT2D eigenvalue weighted by molar-refractivity contribution is 5.70. The molecule has 1 aliphatic heterocycles. The van der Waals surface area contributed by atoms with E-state index >= 15 is 0 Å². The second-order valence-electron chi connectivity index (χ2n) is 7.85. The largest absolute Gasteiger partial charge is 0.493 e. The normalized spacial score (nSPS) is 25.6. The van der Waals surface area contributed by atoms with E-state index in [9.17, 15) is 9.90 Å². The van der Waals surface area contributed by atoms with Gasteiger partial charge in [0.15, 0.2) is 0 Å². The number of carboxylic acid groups (broad SMARTS) is 1. The molecular formula is C21H31NO3. The van der Waals surface area contributed by atoms with Gasteiger partial charge in [0.1, 0.15) is 5.75 Å². The number of piperidine rings is 1. The van der Waals surface area contributed by atoms with Gasteiger partial charge in [0, 0.05) is 19.1 Å². The lowest BCUT2D eigenvalue weighted by Crippen LogP contribution is -2.43. The van der Waals surface area contributed by atoms with E-state index in [2.05, 4.69) is 30.0 Å². The highest BCUT2D eigenvalue weighted by Crippen LogP contribution is 2.27. The molecule has 4 nitrogen and oxygen atoms in total. The van der Waals surface area contributed by atoms with Crippen molar-refractivity contribution in [3.8, 4) is 5.75 Å². The summed E-state index contributed by atoms with van der Waals surface area (Å²) in [6, 6.07) is 8.76. The maximum atomic E-state index is 11.3. The number of hydrogen-bond donors (Lipinski definition) is 1. The van der Waals surface area contributed by atoms with E-state index in [4.69, 9.17) is 4.74 Å². The second kappa shape index (κ2) is 8.70. The predicted molar refractivity (Wildman–Crippen MR) is 98.7 cm³/mol. The Morgan fingerprint density at radius 3 is 2.76 bits per heavy atom. The number of ether oxygens (including phenoxy) is 1. The maximum absolute atomic E-state index is 11.3. The van der Waals surface area contributed by atoms with Crippen LogP contribution < -0.4 is 4.74 Å². The number of nitrogens with zero attached hydrogens (tertiary/aromatic N) is 1. The number of benzene rings is 1. The molecule has 2 atom stereocenters. The van der Waals surface area contributed by atoms with Crippen LogP contribution >= 0.6 is 0 Å². The smallest absolute Gasteiger partial charge is 0.307 e. The van der Waals surface area contributed by atoms with Gasteiger partial charge < -0.3 is 9.84 Å². The van der Waals surface area contributed by atoms with Crippen molar-refractivity contribution in [1.29, 1.82) is 0 Å². The summed E-state index contributed by atoms with van der Waals surface area (Å²) < 4.78 is 6.05. The molecule has 1 N–H and O–H groups in total. The molecule has 1 aromatic rings. The summed E-state index contributed by atoms with van der Waals surface area (Å²) in [6.07, 6.45) is 8.38. The van der Waals surface area contributed by atoms with E-state index in [1.165, 1.54) is 37.7 Å². The van der Waals surface area contributed by atoms with Crippen molar-refractivity contribution in [3.05, 3.63) is 29.8 Å². The quantitative estimate of drug-likeness (QED) is 0.834. The summed E-state index contributed by atoms with van der Waals surface area (Å²) in [5, 5.41) is 9.30. The van der Waals surface area contributed by atoms with Gasteiger partial charge in [-0.15, -0.1) is 0 Å². The van der Waals surface area contributed by atoms with E-state index in [1.54, 1.807) is 0 Å². The third-order valence-electron chi connectivity index (χ3n) is 5.85. The molecule has 2 unspecified atom stereocenters. The molecule has 1 heterocycles. The number of carbonyl (C=O) groups is 1. The molecule has 3 rings (SSSR count). The molecule has 2 fully saturated rings. The van der Waals surface area contributed by atoms with Crippen molar-refractivity contribution >= 4 is 5.97 Å². The molecule has 138 valence electrons. The number of likely N-dealkylation sites (tertiary alicyclic amines) is 1. The Kier molecular flexibility index (Phi) is 6.35. The molecule has 2 aliphatic rings. The summed E-state index contributed by atoms with van der Waals surface area (Å²) in [5.74, 6) is 0.752. The van der Waals surface area contributed by atoms with E-state index < -0.39 is 5.97 Å². The lowest BCUT2D eigenvalue weighted by molar-refractivity contribution is -0.144. The fourth-order valence-corrected chi connectivity index (χ4v) is 4.14. The van der Waals surface area contributed by atoms with Crippen LogP contribution in [0.1, 0.15) is 57.4 Å². The molecule has 25 heavy (non-hydrogen) atoms. The van der Waals surface area contributed by atoms with Crippen molar-refractivity contribution in [1.82, 2.24) is 4.90 Å². The van der Waals surface area contributed by atoms with Crippen molar-refractivity contribution in [2.24, 2.45) is 11.8 Å². The Hall–Kier alpha value is -1.55. The minimum Gasteiger partial charge on any atom is -0.493 e. The average Bonchev–Trinajstić information content (AvgIpc) is 2.63. The molecule has 1 saturated heterocycles. The predicted octanol–water partition coefficient (Wildman–Crippen LogP) is 4.33. The summed E-state index contributed by atoms with van der Waals surface area (Å²) in [4.78, 5) is 13.6. The lowest BCUT2D eigenvalue weighted by atomic mass is 9.90. The van der Waals surface area contributed by atoms with Gasteiger partial charge in [-0.05, 0) is 56.2 Å². The Morgan fingerprint density at radius 1 is 1.20 bits per heavy atom. The first-order valence-corrected chi connectivity index (χ1v) is 9.80. The van der Waals surface area contributed by atoms with E-state index in [0.29, 0.717) is 18.5 Å². The molecule has 0 amide bonds. The molecular weight excluding hydrogens is 314 g/mol. The van der Waals surface area contributed by atoms with Gasteiger partial charge in [-0.3, -0.25) is 9.69 Å². The van der Waals surface area contributed by atoms with Crippen LogP contribution in [-0.2, 0) is 11.3 Å². The van der Waals surface area contributed by atoms with E-state index in [0.717, 1.165) is 31.7 Å². The first-order chi connectivity index (χ1) is 12.1. The van der Waals surface area contributed by atoms with Crippen molar-refractivity contribution < 1.29 is 14.6 Å². The van der Waals surface area contributed by atoms with Gasteiger partial charge in [0.05, 0.1) is 12.5 Å². The number of carboxylic acids is 1. The van der Waals surface area contributed by atoms with Gasteiger partial charge in [-0.25, -0.2) is 0 Å². The molecule has 0 radical (unpaired) electrons. The minimum absolute atomic E-state index is 0.234. The SMILES string of the molecule is CC1CCC(C(=O)O)CN1Cc1cccc(OCC2CCCCC2)c1. The van der Waals surface area contributed by atoms with Crippen molar-refractivity contribution in [2.45, 2.75) is 64.5 Å². The van der Waals surface area contributed by atoms with Crippen LogP contribution in [0, 0.1) is 11.8 Å². The first kappa shape index (κ1) is 18.2. The summed E-state index contributed by atoms with van der Waals surface area (Å²) in [6.45, 7) is 4.46. The van der Waals surface area contributed by atoms with E-state index in [-0.39, 0.29) is 5.92 Å². The zero-order valence-electron chi connectivity index (χ0n) is 15.3. The summed E-state index contributed by atoms with van der Waals surface area (Å²) in [5.41, 5.74) is 1.21. The van der Waals surface area contributed by atoms with E-state index in [1.807, 2.05) is 6.07 Å². The van der Waals surface area contributed by atoms with Crippen molar-refractivity contribution in [3.63, 3.8) is 0 Å². The number of aliphatic carboxylic acids is 1. The topological polar surface area (TPSA) is 49.8 Å². The Labute approximate surface area is 151 Å². The number of rotatable bonds is 6. The van der Waals surface area contributed by atoms with Gasteiger partial charge >= 0.3 is 5.97 Å². The number of hydrogen-bond acceptors (Lipinski definition) is 3. The zero-order valence-corrected chi connectivity index (χ0v) is 15.3. The van der Waals surface area contributed by atoms with Crippen molar-refractivity contribution in [2.75, 3.05) is 13.2 Å². The van der Waals surface area contributed by atoms with Crippen LogP contribution in [-0.4, -0.2) is 35.2 Å². The fraction of sp³-hybridized carbons (Fsp3) is 0.667. The molecule has 0 aromatic heterocycles. The molecule has 1 saturated carbocycles. The fourth-order valence-electron chi connectivity index (χ4n) is 4.14. The van der Waals surface area contributed by atoms with Crippen LogP contribution in [0.25, 0.3) is 0 Å². The summed E-state index contributed by atoms with van der Waals surface area (Å²) >= 11 is 0. The molecule has 0 bridgehead atoms. The Morgan fingerprint density at radius 2 is 2.00 bits per heavy atom. The van der Waals surface area contributed by atoms with Gasteiger partial charge in [0.2, 0.25) is 0 Å². The van der Waals surface area contributed by atoms with Crippen LogP contribution in [0.2, 0.25) is 0 Å². The van der Waals surface area contributed by atoms with Gasteiger partial charge in [-0.1, -0.05) is 31.4 Å². The van der Waals surface area contributed by atoms with Gasteiger partial charge in [-0.2, -0.15) is 0 Å². The monoisotopic (exact) mass is 345 g/mol. The Balaban J connectivity index is 1.56. The van der Waals surface area contributed by atoms with Crippen LogP contribution in [0.15, 0.2) is 24.3 Å². The molecule has 1 aliphatic carbocycles. The molecule has 0 spiro atoms. The highest BCUT2D eigenvalue weighted by atomic mass is 16.5. The van der Waals surface area contributed by atoms with Gasteiger partial charge in [0.25, 0.3) is 0 Å². The second-order valence-corrected chi connectivity index (χ2v) is 7.85. The average molecular weight is 345 g/mol. The lowest BCUT2D eigenvalue weighted by Gasteiger charge is -2.36. The molecule has 1 aromatic carbocycles. The van der Waals surface area contributed by atoms with Crippen LogP contribution in [0.4, 0.5) is 0 Å². The highest BCUT2D eigenvalue weighted by Gasteiger charge is 2.29. The van der Waals surface area contributed by atoms with Crippen LogP contribution in [0.3, 0.4) is 0 Å². The Bertz CT molecular complexity index is 568. The van der Waals surface area contributed by atoms with Crippen LogP contribution in [0.5, 0.6) is 5.75 Å². The maximum Gasteiger partial charge on any atom is 0.307 e. The standard InChI is InChI=1S/C21H31NO3/c1-16-10-11-19(21(23)24)14-22(16)13-18-8-5-9-20(12-18)25-15-17-6-3-2-4-7-17/h5,8-9,12,16-17,19H,2-4,6-7,10-11,13-15H2,1H3,(H,23,24). The third kappa shape index (κ3) is 5.21. The first-order valence-electron chi connectivity index (χ1n) is 9.80. The minimum atomic E-state index is -0.665. The zero-order chi connectivity index (χ0) is 17.6. The molecule has 4 heteroatoms. The third-order valence-corrected chi connectivity index (χ3v) is 5.85. The summed E-state index contributed by atoms with van der Waals surface area (Å²) in [7, 11) is 0.